The number of aromatic amines is 1. The van der Waals surface area contributed by atoms with Gasteiger partial charge in [-0.1, -0.05) is 42.5 Å². The van der Waals surface area contributed by atoms with E-state index in [2.05, 4.69) is 43.5 Å². The fraction of sp³-hybridized carbons (Fsp3) is 0.154. The van der Waals surface area contributed by atoms with Crippen molar-refractivity contribution in [3.8, 4) is 17.1 Å². The minimum atomic E-state index is -0.260. The summed E-state index contributed by atoms with van der Waals surface area (Å²) in [7, 11) is 0. The number of nitrogens with one attached hydrogen (secondary N) is 2. The van der Waals surface area contributed by atoms with Crippen molar-refractivity contribution < 1.29 is 9.84 Å². The number of aromatic nitrogens is 4. The molecule has 9 heteroatoms. The summed E-state index contributed by atoms with van der Waals surface area (Å²) in [6, 6.07) is 19.8. The molecule has 0 unspecified atom stereocenters. The lowest BCUT2D eigenvalue weighted by Crippen LogP contribution is -2.14. The number of hydrogen-bond donors (Lipinski definition) is 3. The molecule has 0 atom stereocenters. The molecule has 0 radical (unpaired) electrons. The third-order valence-corrected chi connectivity index (χ3v) is 6.13. The summed E-state index contributed by atoms with van der Waals surface area (Å²) < 4.78 is 5.97. The van der Waals surface area contributed by atoms with E-state index in [1.807, 2.05) is 41.8 Å². The number of pyridine rings is 1. The number of ether oxygens (including phenoxy) is 1. The average molecular weight is 486 g/mol. The predicted octanol–water partition coefficient (Wildman–Crippen LogP) is 4.02. The van der Waals surface area contributed by atoms with Gasteiger partial charge in [-0.25, -0.2) is 9.97 Å². The number of anilines is 1. The highest BCUT2D eigenvalue weighted by molar-refractivity contribution is 7.14. The van der Waals surface area contributed by atoms with Crippen molar-refractivity contribution in [2.24, 2.45) is 0 Å². The van der Waals surface area contributed by atoms with Crippen LogP contribution in [0.5, 0.6) is 5.75 Å². The van der Waals surface area contributed by atoms with E-state index in [4.69, 9.17) is 9.84 Å². The Balaban J connectivity index is 1.38. The number of fused-ring (bicyclic) bond motifs is 1. The smallest absolute Gasteiger partial charge is 0.258 e. The summed E-state index contributed by atoms with van der Waals surface area (Å²) in [6.45, 7) is 0.521. The Labute approximate surface area is 205 Å². The second kappa shape index (κ2) is 10.5. The Hall–Kier alpha value is -4.08. The Morgan fingerprint density at radius 2 is 1.89 bits per heavy atom. The van der Waals surface area contributed by atoms with Gasteiger partial charge in [-0.3, -0.25) is 9.78 Å². The van der Waals surface area contributed by atoms with E-state index in [9.17, 15) is 4.79 Å². The predicted molar refractivity (Wildman–Crippen MR) is 137 cm³/mol. The van der Waals surface area contributed by atoms with Crippen molar-refractivity contribution in [1.82, 2.24) is 19.9 Å². The summed E-state index contributed by atoms with van der Waals surface area (Å²) >= 11 is 1.40. The topological polar surface area (TPSA) is 113 Å². The van der Waals surface area contributed by atoms with Gasteiger partial charge < -0.3 is 20.1 Å². The van der Waals surface area contributed by atoms with Gasteiger partial charge in [-0.05, 0) is 35.7 Å². The van der Waals surface area contributed by atoms with Crippen LogP contribution < -0.4 is 15.6 Å². The molecule has 8 nitrogen and oxygen atoms in total. The van der Waals surface area contributed by atoms with Crippen LogP contribution in [0, 0.1) is 0 Å². The van der Waals surface area contributed by atoms with Crippen molar-refractivity contribution in [3.05, 3.63) is 99.5 Å². The first-order valence-electron chi connectivity index (χ1n) is 11.1. The summed E-state index contributed by atoms with van der Waals surface area (Å²) in [6.07, 6.45) is 2.38. The van der Waals surface area contributed by atoms with E-state index < -0.39 is 0 Å². The van der Waals surface area contributed by atoms with Gasteiger partial charge in [0, 0.05) is 18.1 Å². The van der Waals surface area contributed by atoms with Gasteiger partial charge in [0.1, 0.15) is 35.1 Å². The molecule has 3 aromatic heterocycles. The number of H-pyrrole nitrogens is 1. The highest BCUT2D eigenvalue weighted by Crippen LogP contribution is 2.27. The molecular formula is C26H23N5O3S. The first-order chi connectivity index (χ1) is 17.2. The molecule has 0 aliphatic carbocycles. The van der Waals surface area contributed by atoms with Gasteiger partial charge in [0.15, 0.2) is 5.13 Å². The zero-order valence-corrected chi connectivity index (χ0v) is 19.6. The molecule has 0 aliphatic heterocycles. The number of benzene rings is 2. The molecule has 176 valence electrons. The van der Waals surface area contributed by atoms with Crippen molar-refractivity contribution in [2.45, 2.75) is 13.0 Å². The molecule has 35 heavy (non-hydrogen) atoms. The molecule has 3 N–H and O–H groups in total. The van der Waals surface area contributed by atoms with Crippen LogP contribution in [-0.2, 0) is 13.0 Å². The van der Waals surface area contributed by atoms with Crippen molar-refractivity contribution in [2.75, 3.05) is 18.5 Å². The molecule has 5 aromatic rings. The second-order valence-corrected chi connectivity index (χ2v) is 8.71. The summed E-state index contributed by atoms with van der Waals surface area (Å²) in [5.74, 6) is 1.10. The van der Waals surface area contributed by atoms with Crippen molar-refractivity contribution >= 4 is 27.4 Å². The van der Waals surface area contributed by atoms with E-state index >= 15 is 0 Å². The van der Waals surface area contributed by atoms with Gasteiger partial charge in [0.2, 0.25) is 0 Å². The van der Waals surface area contributed by atoms with Crippen LogP contribution in [0.2, 0.25) is 0 Å². The third-order valence-electron chi connectivity index (χ3n) is 5.33. The van der Waals surface area contributed by atoms with Crippen LogP contribution in [-0.4, -0.2) is 38.2 Å². The molecule has 0 aliphatic rings. The summed E-state index contributed by atoms with van der Waals surface area (Å²) in [4.78, 5) is 29.2. The highest BCUT2D eigenvalue weighted by Gasteiger charge is 2.14. The molecule has 0 amide bonds. The molecule has 0 bridgehead atoms. The van der Waals surface area contributed by atoms with Crippen LogP contribution in [0.1, 0.15) is 17.0 Å². The van der Waals surface area contributed by atoms with Crippen LogP contribution in [0.4, 0.5) is 5.13 Å². The lowest BCUT2D eigenvalue weighted by molar-refractivity contribution is 0.296. The quantitative estimate of drug-likeness (QED) is 0.289. The molecule has 2 aromatic carbocycles. The van der Waals surface area contributed by atoms with E-state index in [1.54, 1.807) is 12.3 Å². The van der Waals surface area contributed by atoms with Crippen molar-refractivity contribution in [1.29, 1.82) is 0 Å². The first-order valence-corrected chi connectivity index (χ1v) is 12.0. The van der Waals surface area contributed by atoms with Gasteiger partial charge >= 0.3 is 0 Å². The van der Waals surface area contributed by atoms with Crippen LogP contribution in [0.3, 0.4) is 0 Å². The number of nitrogens with zero attached hydrogens (tertiary/aromatic N) is 3. The van der Waals surface area contributed by atoms with E-state index in [0.717, 1.165) is 12.0 Å². The lowest BCUT2D eigenvalue weighted by atomic mass is 10.1. The third kappa shape index (κ3) is 5.37. The molecule has 3 heterocycles. The first kappa shape index (κ1) is 22.7. The van der Waals surface area contributed by atoms with Crippen molar-refractivity contribution in [3.63, 3.8) is 0 Å². The number of thiazole rings is 1. The van der Waals surface area contributed by atoms with Gasteiger partial charge in [0.05, 0.1) is 12.0 Å². The van der Waals surface area contributed by atoms with E-state index in [0.29, 0.717) is 45.5 Å². The van der Waals surface area contributed by atoms with Gasteiger partial charge in [-0.2, -0.15) is 0 Å². The fourth-order valence-electron chi connectivity index (χ4n) is 3.72. The van der Waals surface area contributed by atoms with E-state index in [1.165, 1.54) is 16.9 Å². The van der Waals surface area contributed by atoms with Crippen LogP contribution in [0.15, 0.2) is 77.0 Å². The number of aliphatic hydroxyl groups is 1. The maximum atomic E-state index is 12.8. The molecule has 5 rings (SSSR count). The summed E-state index contributed by atoms with van der Waals surface area (Å²) in [5.41, 5.74) is 3.69. The molecule has 0 saturated carbocycles. The average Bonchev–Trinajstić information content (AvgIpc) is 3.36. The minimum absolute atomic E-state index is 0.0108. The van der Waals surface area contributed by atoms with Gasteiger partial charge in [0.25, 0.3) is 5.56 Å². The lowest BCUT2D eigenvalue weighted by Gasteiger charge is -2.09. The SMILES string of the molecule is O=c1[nH]c(COc2cccc(Cc3ccccc3)c2)nc2c(-c3csc(NCCO)n3)nccc12. The Bertz CT molecular complexity index is 1500. The molecular weight excluding hydrogens is 462 g/mol. The Morgan fingerprint density at radius 1 is 1.03 bits per heavy atom. The zero-order valence-electron chi connectivity index (χ0n) is 18.8. The minimum Gasteiger partial charge on any atom is -0.486 e. The molecule has 0 fully saturated rings. The second-order valence-electron chi connectivity index (χ2n) is 7.86. The molecule has 0 spiro atoms. The normalized spacial score (nSPS) is 11.0. The maximum Gasteiger partial charge on any atom is 0.258 e. The van der Waals surface area contributed by atoms with E-state index in [-0.39, 0.29) is 18.8 Å². The number of hydrogen-bond acceptors (Lipinski definition) is 8. The standard InChI is InChI=1S/C26H23N5O3S/c32-12-11-28-26-29-21(16-35-26)24-23-20(9-10-27-24)25(33)31-22(30-23)15-34-19-8-4-7-18(14-19)13-17-5-2-1-3-6-17/h1-10,14,16,32H,11-13,15H2,(H,28,29)(H,30,31,33). The van der Waals surface area contributed by atoms with Gasteiger partial charge in [-0.15, -0.1) is 11.3 Å². The highest BCUT2D eigenvalue weighted by atomic mass is 32.1. The largest absolute Gasteiger partial charge is 0.486 e. The Kier molecular flexibility index (Phi) is 6.78. The summed E-state index contributed by atoms with van der Waals surface area (Å²) in [5, 5.41) is 15.0. The fourth-order valence-corrected chi connectivity index (χ4v) is 4.45. The number of rotatable bonds is 9. The Morgan fingerprint density at radius 3 is 2.74 bits per heavy atom. The monoisotopic (exact) mass is 485 g/mol. The van der Waals surface area contributed by atoms with Crippen LogP contribution >= 0.6 is 11.3 Å². The molecule has 0 saturated heterocycles. The zero-order chi connectivity index (χ0) is 24.0. The number of aliphatic hydroxyl groups excluding tert-OH is 1. The maximum absolute atomic E-state index is 12.8. The van der Waals surface area contributed by atoms with Crippen LogP contribution in [0.25, 0.3) is 22.3 Å².